The van der Waals surface area contributed by atoms with Crippen molar-refractivity contribution in [3.63, 3.8) is 0 Å². The highest BCUT2D eigenvalue weighted by molar-refractivity contribution is 5.72. The van der Waals surface area contributed by atoms with E-state index >= 15 is 0 Å². The van der Waals surface area contributed by atoms with Crippen LogP contribution in [0.25, 0.3) is 0 Å². The number of hydrogen-bond donors (Lipinski definition) is 3. The predicted octanol–water partition coefficient (Wildman–Crippen LogP) is -0.0587. The summed E-state index contributed by atoms with van der Waals surface area (Å²) in [5.74, 6) is 10.5. The van der Waals surface area contributed by atoms with Crippen molar-refractivity contribution >= 4 is 6.03 Å². The molecular weight excluding hydrogens is 252 g/mol. The van der Waals surface area contributed by atoms with E-state index in [9.17, 15) is 4.79 Å². The molecule has 8 heteroatoms. The van der Waals surface area contributed by atoms with Crippen LogP contribution in [0.1, 0.15) is 26.7 Å². The van der Waals surface area contributed by atoms with Crippen LogP contribution in [0.5, 0.6) is 0 Å². The molecule has 5 N–H and O–H groups in total. The van der Waals surface area contributed by atoms with Crippen molar-refractivity contribution in [3.8, 4) is 0 Å². The zero-order valence-corrected chi connectivity index (χ0v) is 11.8. The van der Waals surface area contributed by atoms with Crippen molar-refractivity contribution in [2.24, 2.45) is 11.7 Å². The Morgan fingerprint density at radius 3 is 2.26 bits per heavy atom. The normalized spacial score (nSPS) is 12.2. The van der Waals surface area contributed by atoms with Crippen LogP contribution >= 0.6 is 0 Å². The zero-order valence-electron chi connectivity index (χ0n) is 11.8. The molecule has 0 aliphatic carbocycles. The second-order valence-corrected chi connectivity index (χ2v) is 3.82. The molecular formula is C11H26N4O4. The average Bonchev–Trinajstić information content (AvgIpc) is 2.44. The maximum absolute atomic E-state index is 11.2. The maximum atomic E-state index is 11.2. The summed E-state index contributed by atoms with van der Waals surface area (Å²) >= 11 is 0. The Morgan fingerprint density at radius 2 is 1.74 bits per heavy atom. The molecule has 0 fully saturated rings. The van der Waals surface area contributed by atoms with Gasteiger partial charge in [0.1, 0.15) is 6.23 Å². The van der Waals surface area contributed by atoms with E-state index in [1.165, 1.54) is 0 Å². The highest BCUT2D eigenvalue weighted by Crippen LogP contribution is 2.01. The molecule has 0 heterocycles. The van der Waals surface area contributed by atoms with Crippen LogP contribution in [0.2, 0.25) is 0 Å². The van der Waals surface area contributed by atoms with Gasteiger partial charge in [-0.15, -0.1) is 0 Å². The number of rotatable bonds is 11. The molecule has 0 saturated heterocycles. The molecule has 0 bridgehead atoms. The minimum absolute atomic E-state index is 0.345. The van der Waals surface area contributed by atoms with Gasteiger partial charge in [-0.25, -0.2) is 21.5 Å². The van der Waals surface area contributed by atoms with Crippen LogP contribution in [-0.2, 0) is 14.2 Å². The molecule has 1 atom stereocenters. The van der Waals surface area contributed by atoms with E-state index in [-0.39, 0.29) is 0 Å². The standard InChI is InChI=1S/C11H26N4O4/c1-3-5-17-6-7-18-8-9-19-10(4-2)15(13)11(16)14-12/h10H,3-9,12-13H2,1-2H3,(H,14,16). The van der Waals surface area contributed by atoms with Gasteiger partial charge >= 0.3 is 6.03 Å². The largest absolute Gasteiger partial charge is 0.379 e. The second kappa shape index (κ2) is 12.1. The van der Waals surface area contributed by atoms with Gasteiger partial charge in [0.05, 0.1) is 26.4 Å². The van der Waals surface area contributed by atoms with Crippen molar-refractivity contribution in [2.75, 3.05) is 33.0 Å². The van der Waals surface area contributed by atoms with Gasteiger partial charge in [0.15, 0.2) is 0 Å². The van der Waals surface area contributed by atoms with Gasteiger partial charge in [-0.05, 0) is 12.8 Å². The monoisotopic (exact) mass is 278 g/mol. The molecule has 8 nitrogen and oxygen atoms in total. The van der Waals surface area contributed by atoms with Crippen LogP contribution in [0.3, 0.4) is 0 Å². The number of hydrazine groups is 2. The Labute approximate surface area is 114 Å². The van der Waals surface area contributed by atoms with Crippen LogP contribution < -0.4 is 17.1 Å². The van der Waals surface area contributed by atoms with Crippen molar-refractivity contribution in [2.45, 2.75) is 32.9 Å². The zero-order chi connectivity index (χ0) is 14.5. The molecule has 0 aliphatic rings. The first-order valence-corrected chi connectivity index (χ1v) is 6.48. The quantitative estimate of drug-likeness (QED) is 0.160. The van der Waals surface area contributed by atoms with E-state index in [4.69, 9.17) is 25.9 Å². The summed E-state index contributed by atoms with van der Waals surface area (Å²) in [4.78, 5) is 11.2. The van der Waals surface area contributed by atoms with Gasteiger partial charge in [-0.2, -0.15) is 0 Å². The van der Waals surface area contributed by atoms with E-state index < -0.39 is 12.3 Å². The summed E-state index contributed by atoms with van der Waals surface area (Å²) in [6, 6.07) is -0.597. The Morgan fingerprint density at radius 1 is 1.16 bits per heavy atom. The molecule has 0 aliphatic heterocycles. The molecule has 114 valence electrons. The summed E-state index contributed by atoms with van der Waals surface area (Å²) in [6.45, 7) is 6.51. The van der Waals surface area contributed by atoms with E-state index in [0.717, 1.165) is 18.0 Å². The van der Waals surface area contributed by atoms with E-state index in [2.05, 4.69) is 6.92 Å². The number of amides is 2. The summed E-state index contributed by atoms with van der Waals surface area (Å²) in [5, 5.41) is 0.921. The fraction of sp³-hybridized carbons (Fsp3) is 0.909. The first-order chi connectivity index (χ1) is 9.17. The molecule has 0 rings (SSSR count). The van der Waals surface area contributed by atoms with Crippen LogP contribution in [0, 0.1) is 0 Å². The first kappa shape index (κ1) is 18.1. The van der Waals surface area contributed by atoms with E-state index in [1.54, 1.807) is 0 Å². The molecule has 0 radical (unpaired) electrons. The van der Waals surface area contributed by atoms with Crippen LogP contribution in [0.15, 0.2) is 0 Å². The van der Waals surface area contributed by atoms with E-state index in [0.29, 0.717) is 32.8 Å². The highest BCUT2D eigenvalue weighted by Gasteiger charge is 2.18. The summed E-state index contributed by atoms with van der Waals surface area (Å²) < 4.78 is 16.0. The molecule has 0 aromatic carbocycles. The Balaban J connectivity index is 3.59. The second-order valence-electron chi connectivity index (χ2n) is 3.82. The third-order valence-corrected chi connectivity index (χ3v) is 2.28. The lowest BCUT2D eigenvalue weighted by atomic mass is 10.4. The summed E-state index contributed by atoms with van der Waals surface area (Å²) in [6.07, 6.45) is 1.03. The lowest BCUT2D eigenvalue weighted by molar-refractivity contribution is -0.0650. The van der Waals surface area contributed by atoms with Gasteiger partial charge in [-0.3, -0.25) is 5.43 Å². The number of urea groups is 1. The van der Waals surface area contributed by atoms with Gasteiger partial charge in [0, 0.05) is 6.61 Å². The van der Waals surface area contributed by atoms with Crippen LogP contribution in [0.4, 0.5) is 4.79 Å². The number of carbonyl (C=O) groups is 1. The van der Waals surface area contributed by atoms with E-state index in [1.807, 2.05) is 12.3 Å². The molecule has 0 aromatic heterocycles. The molecule has 0 aromatic rings. The van der Waals surface area contributed by atoms with Gasteiger partial charge < -0.3 is 14.2 Å². The Bertz CT molecular complexity index is 231. The number of hydrogen-bond acceptors (Lipinski definition) is 6. The van der Waals surface area contributed by atoms with Crippen LogP contribution in [-0.4, -0.2) is 50.3 Å². The van der Waals surface area contributed by atoms with Crippen molar-refractivity contribution < 1.29 is 19.0 Å². The Kier molecular flexibility index (Phi) is 11.5. The number of ether oxygens (including phenoxy) is 3. The minimum Gasteiger partial charge on any atom is -0.379 e. The first-order valence-electron chi connectivity index (χ1n) is 6.48. The molecule has 2 amide bonds. The van der Waals surface area contributed by atoms with Crippen molar-refractivity contribution in [3.05, 3.63) is 0 Å². The molecule has 19 heavy (non-hydrogen) atoms. The van der Waals surface area contributed by atoms with Gasteiger partial charge in [0.2, 0.25) is 0 Å². The summed E-state index contributed by atoms with van der Waals surface area (Å²) in [5.41, 5.74) is 1.94. The van der Waals surface area contributed by atoms with Crippen molar-refractivity contribution in [1.82, 2.24) is 10.4 Å². The molecule has 1 unspecified atom stereocenters. The smallest absolute Gasteiger partial charge is 0.347 e. The fourth-order valence-electron chi connectivity index (χ4n) is 1.31. The highest BCUT2D eigenvalue weighted by atomic mass is 16.6. The lowest BCUT2D eigenvalue weighted by Crippen LogP contribution is -2.53. The SMILES string of the molecule is CCCOCCOCCOC(CC)N(N)C(=O)NN. The topological polar surface area (TPSA) is 112 Å². The molecule has 0 spiro atoms. The third kappa shape index (κ3) is 8.73. The minimum atomic E-state index is -0.597. The summed E-state index contributed by atoms with van der Waals surface area (Å²) in [7, 11) is 0. The number of carbonyl (C=O) groups excluding carboxylic acids is 1. The number of nitrogens with zero attached hydrogens (tertiary/aromatic N) is 1. The average molecular weight is 278 g/mol. The number of nitrogens with one attached hydrogen (secondary N) is 1. The third-order valence-electron chi connectivity index (χ3n) is 2.28. The Hall–Kier alpha value is -0.930. The fourth-order valence-corrected chi connectivity index (χ4v) is 1.31. The molecule has 0 saturated carbocycles. The lowest BCUT2D eigenvalue weighted by Gasteiger charge is -2.25. The maximum Gasteiger partial charge on any atom is 0.347 e. The van der Waals surface area contributed by atoms with Gasteiger partial charge in [0.25, 0.3) is 0 Å². The number of nitrogens with two attached hydrogens (primary N) is 2. The predicted molar refractivity (Wildman–Crippen MR) is 70.7 cm³/mol. The van der Waals surface area contributed by atoms with Crippen molar-refractivity contribution in [1.29, 1.82) is 0 Å². The van der Waals surface area contributed by atoms with Gasteiger partial charge in [-0.1, -0.05) is 13.8 Å².